The van der Waals surface area contributed by atoms with Crippen LogP contribution in [0.2, 0.25) is 0 Å². The van der Waals surface area contributed by atoms with Gasteiger partial charge in [0.25, 0.3) is 0 Å². The van der Waals surface area contributed by atoms with Gasteiger partial charge in [0.05, 0.1) is 19.0 Å². The van der Waals surface area contributed by atoms with Crippen molar-refractivity contribution in [2.75, 3.05) is 18.7 Å². The van der Waals surface area contributed by atoms with E-state index >= 15 is 0 Å². The molecule has 0 radical (unpaired) electrons. The molecule has 1 N–H and O–H groups in total. The molecule has 0 aromatic heterocycles. The van der Waals surface area contributed by atoms with Gasteiger partial charge in [-0.2, -0.15) is 0 Å². The first kappa shape index (κ1) is 17.1. The zero-order chi connectivity index (χ0) is 17.1. The summed E-state index contributed by atoms with van der Waals surface area (Å²) in [6.45, 7) is 1.94. The van der Waals surface area contributed by atoms with Gasteiger partial charge in [0.15, 0.2) is 0 Å². The first-order valence-electron chi connectivity index (χ1n) is 8.43. The number of amides is 2. The lowest BCUT2D eigenvalue weighted by molar-refractivity contribution is -0.143. The summed E-state index contributed by atoms with van der Waals surface area (Å²) in [5.74, 6) is 2.25. The quantitative estimate of drug-likeness (QED) is 0.888. The zero-order valence-corrected chi connectivity index (χ0v) is 15.0. The fourth-order valence-electron chi connectivity index (χ4n) is 3.18. The Morgan fingerprint density at radius 1 is 1.33 bits per heavy atom. The molecule has 6 heteroatoms. The Hall–Kier alpha value is -1.69. The molecular weight excluding hydrogens is 324 g/mol. The number of carbonyl (C=O) groups excluding carboxylic acids is 2. The summed E-state index contributed by atoms with van der Waals surface area (Å²) in [7, 11) is 1.63. The lowest BCUT2D eigenvalue weighted by Gasteiger charge is -2.32. The number of benzene rings is 1. The topological polar surface area (TPSA) is 58.6 Å². The third-order valence-electron chi connectivity index (χ3n) is 4.89. The largest absolute Gasteiger partial charge is 0.496 e. The lowest BCUT2D eigenvalue weighted by atomic mass is 9.84. The molecule has 5 nitrogen and oxygen atoms in total. The summed E-state index contributed by atoms with van der Waals surface area (Å²) < 4.78 is 5.37. The summed E-state index contributed by atoms with van der Waals surface area (Å²) in [5.41, 5.74) is 0.941. The van der Waals surface area contributed by atoms with Crippen molar-refractivity contribution in [3.63, 3.8) is 0 Å². The number of methoxy groups -OCH3 is 1. The SMILES string of the molecule is COc1ccccc1[C@H](C)NC(=O)[C@@H]1CSCN1C(=O)C1CCC1. The summed E-state index contributed by atoms with van der Waals surface area (Å²) in [6.07, 6.45) is 3.05. The molecule has 2 atom stereocenters. The Bertz CT molecular complexity index is 618. The van der Waals surface area contributed by atoms with Gasteiger partial charge in [0.1, 0.15) is 11.8 Å². The van der Waals surface area contributed by atoms with E-state index in [2.05, 4.69) is 5.32 Å². The predicted octanol–water partition coefficient (Wildman–Crippen LogP) is 2.57. The third kappa shape index (κ3) is 3.38. The monoisotopic (exact) mass is 348 g/mol. The van der Waals surface area contributed by atoms with Gasteiger partial charge in [0.2, 0.25) is 11.8 Å². The highest BCUT2D eigenvalue weighted by Gasteiger charge is 2.39. The molecule has 0 unspecified atom stereocenters. The van der Waals surface area contributed by atoms with E-state index in [0.717, 1.165) is 30.6 Å². The van der Waals surface area contributed by atoms with E-state index < -0.39 is 0 Å². The van der Waals surface area contributed by atoms with Gasteiger partial charge in [-0.25, -0.2) is 0 Å². The van der Waals surface area contributed by atoms with Crippen LogP contribution in [0.5, 0.6) is 5.75 Å². The second kappa shape index (κ2) is 7.47. The molecule has 24 heavy (non-hydrogen) atoms. The molecular formula is C18H24N2O3S. The fraction of sp³-hybridized carbons (Fsp3) is 0.556. The third-order valence-corrected chi connectivity index (χ3v) is 5.90. The standard InChI is InChI=1S/C18H24N2O3S/c1-12(14-8-3-4-9-16(14)23-2)19-17(21)15-10-24-11-20(15)18(22)13-6-5-7-13/h3-4,8-9,12-13,15H,5-7,10-11H2,1-2H3,(H,19,21)/t12-,15-/m0/s1. The smallest absolute Gasteiger partial charge is 0.244 e. The van der Waals surface area contributed by atoms with Gasteiger partial charge in [-0.15, -0.1) is 11.8 Å². The molecule has 1 aromatic carbocycles. The van der Waals surface area contributed by atoms with Gasteiger partial charge in [0, 0.05) is 17.2 Å². The molecule has 1 aromatic rings. The second-order valence-corrected chi connectivity index (χ2v) is 7.42. The number of thioether (sulfide) groups is 1. The van der Waals surface area contributed by atoms with Gasteiger partial charge in [-0.1, -0.05) is 24.6 Å². The van der Waals surface area contributed by atoms with Gasteiger partial charge in [-0.3, -0.25) is 9.59 Å². The normalized spacial score (nSPS) is 21.9. The van der Waals surface area contributed by atoms with Crippen molar-refractivity contribution in [1.82, 2.24) is 10.2 Å². The Morgan fingerprint density at radius 2 is 2.08 bits per heavy atom. The van der Waals surface area contributed by atoms with E-state index in [-0.39, 0.29) is 29.8 Å². The average molecular weight is 348 g/mol. The van der Waals surface area contributed by atoms with Crippen molar-refractivity contribution in [3.05, 3.63) is 29.8 Å². The van der Waals surface area contributed by atoms with Gasteiger partial charge in [-0.05, 0) is 25.8 Å². The fourth-order valence-corrected chi connectivity index (χ4v) is 4.34. The zero-order valence-electron chi connectivity index (χ0n) is 14.2. The Labute approximate surface area is 147 Å². The van der Waals surface area contributed by atoms with Crippen molar-refractivity contribution in [2.45, 2.75) is 38.3 Å². The number of rotatable bonds is 5. The van der Waals surface area contributed by atoms with Crippen LogP contribution in [0.3, 0.4) is 0 Å². The first-order chi connectivity index (χ1) is 11.6. The highest BCUT2D eigenvalue weighted by Crippen LogP contribution is 2.32. The van der Waals surface area contributed by atoms with E-state index in [1.807, 2.05) is 31.2 Å². The number of ether oxygens (including phenoxy) is 1. The number of hydrogen-bond donors (Lipinski definition) is 1. The van der Waals surface area contributed by atoms with Crippen LogP contribution in [0.1, 0.15) is 37.8 Å². The van der Waals surface area contributed by atoms with Crippen molar-refractivity contribution in [1.29, 1.82) is 0 Å². The second-order valence-electron chi connectivity index (χ2n) is 6.42. The summed E-state index contributed by atoms with van der Waals surface area (Å²) in [5, 5.41) is 3.05. The van der Waals surface area contributed by atoms with Crippen molar-refractivity contribution in [2.24, 2.45) is 5.92 Å². The molecule has 1 heterocycles. The first-order valence-corrected chi connectivity index (χ1v) is 9.58. The van der Waals surface area contributed by atoms with Crippen molar-refractivity contribution < 1.29 is 14.3 Å². The van der Waals surface area contributed by atoms with Crippen LogP contribution in [0.15, 0.2) is 24.3 Å². The van der Waals surface area contributed by atoms with Crippen LogP contribution < -0.4 is 10.1 Å². The Balaban J connectivity index is 1.66. The number of carbonyl (C=O) groups is 2. The molecule has 0 spiro atoms. The minimum absolute atomic E-state index is 0.0777. The molecule has 1 aliphatic heterocycles. The van der Waals surface area contributed by atoms with E-state index in [4.69, 9.17) is 4.74 Å². The number of hydrogen-bond acceptors (Lipinski definition) is 4. The predicted molar refractivity (Wildman–Crippen MR) is 94.9 cm³/mol. The Kier molecular flexibility index (Phi) is 5.33. The molecule has 3 rings (SSSR count). The van der Waals surface area contributed by atoms with Crippen LogP contribution in [-0.2, 0) is 9.59 Å². The highest BCUT2D eigenvalue weighted by molar-refractivity contribution is 7.99. The maximum atomic E-state index is 12.7. The molecule has 2 fully saturated rings. The minimum Gasteiger partial charge on any atom is -0.496 e. The lowest BCUT2D eigenvalue weighted by Crippen LogP contribution is -2.50. The molecule has 2 amide bonds. The van der Waals surface area contributed by atoms with E-state index in [1.54, 1.807) is 23.8 Å². The minimum atomic E-state index is -0.361. The maximum absolute atomic E-state index is 12.7. The maximum Gasteiger partial charge on any atom is 0.244 e. The number of nitrogens with zero attached hydrogens (tertiary/aromatic N) is 1. The van der Waals surface area contributed by atoms with E-state index in [9.17, 15) is 9.59 Å². The average Bonchev–Trinajstić information content (AvgIpc) is 3.02. The van der Waals surface area contributed by atoms with E-state index in [1.165, 1.54) is 0 Å². The summed E-state index contributed by atoms with van der Waals surface area (Å²) >= 11 is 1.65. The van der Waals surface area contributed by atoms with Crippen LogP contribution in [0.25, 0.3) is 0 Å². The van der Waals surface area contributed by atoms with Gasteiger partial charge < -0.3 is 15.0 Å². The van der Waals surface area contributed by atoms with Crippen LogP contribution in [-0.4, -0.2) is 41.5 Å². The van der Waals surface area contributed by atoms with Gasteiger partial charge >= 0.3 is 0 Å². The van der Waals surface area contributed by atoms with Crippen LogP contribution in [0.4, 0.5) is 0 Å². The Morgan fingerprint density at radius 3 is 2.75 bits per heavy atom. The highest BCUT2D eigenvalue weighted by atomic mass is 32.2. The summed E-state index contributed by atoms with van der Waals surface area (Å²) in [6, 6.07) is 7.14. The number of para-hydroxylation sites is 1. The van der Waals surface area contributed by atoms with Crippen molar-refractivity contribution >= 4 is 23.6 Å². The van der Waals surface area contributed by atoms with E-state index in [0.29, 0.717) is 11.6 Å². The number of nitrogens with one attached hydrogen (secondary N) is 1. The van der Waals surface area contributed by atoms with Crippen LogP contribution in [0, 0.1) is 5.92 Å². The molecule has 1 saturated heterocycles. The molecule has 1 saturated carbocycles. The molecule has 1 aliphatic carbocycles. The van der Waals surface area contributed by atoms with Crippen LogP contribution >= 0.6 is 11.8 Å². The molecule has 2 aliphatic rings. The van der Waals surface area contributed by atoms with Crippen molar-refractivity contribution in [3.8, 4) is 5.75 Å². The summed E-state index contributed by atoms with van der Waals surface area (Å²) in [4.78, 5) is 27.0. The molecule has 0 bridgehead atoms. The molecule has 130 valence electrons.